The summed E-state index contributed by atoms with van der Waals surface area (Å²) in [6.07, 6.45) is 4.33. The van der Waals surface area contributed by atoms with Gasteiger partial charge >= 0.3 is 0 Å². The van der Waals surface area contributed by atoms with E-state index < -0.39 is 0 Å². The Morgan fingerprint density at radius 1 is 1.53 bits per heavy atom. The Morgan fingerprint density at radius 3 is 2.94 bits per heavy atom. The molecule has 96 valence electrons. The monoisotopic (exact) mass is 276 g/mol. The zero-order valence-electron chi connectivity index (χ0n) is 9.78. The smallest absolute Gasteiger partial charge is 0.166 e. The minimum absolute atomic E-state index is 0.644. The van der Waals surface area contributed by atoms with Crippen LogP contribution in [0.1, 0.15) is 6.42 Å². The highest BCUT2D eigenvalue weighted by Crippen LogP contribution is 2.03. The molecule has 1 aromatic rings. The van der Waals surface area contributed by atoms with E-state index in [-0.39, 0.29) is 0 Å². The number of ether oxygens (including phenoxy) is 1. The van der Waals surface area contributed by atoms with Crippen LogP contribution >= 0.6 is 23.8 Å². The van der Waals surface area contributed by atoms with Crippen LogP contribution in [0.4, 0.5) is 0 Å². The molecular weight excluding hydrogens is 260 g/mol. The summed E-state index contributed by atoms with van der Waals surface area (Å²) in [5, 5.41) is 11.5. The molecule has 0 unspecified atom stereocenters. The largest absolute Gasteiger partial charge is 0.385 e. The molecule has 1 rings (SSSR count). The Morgan fingerprint density at radius 2 is 2.29 bits per heavy atom. The molecule has 0 spiro atoms. The van der Waals surface area contributed by atoms with Crippen molar-refractivity contribution in [3.05, 3.63) is 17.4 Å². The van der Waals surface area contributed by atoms with Crippen LogP contribution in [0.3, 0.4) is 0 Å². The molecule has 0 saturated heterocycles. The molecule has 5 nitrogen and oxygen atoms in total. The maximum Gasteiger partial charge on any atom is 0.166 e. The van der Waals surface area contributed by atoms with E-state index >= 15 is 0 Å². The highest BCUT2D eigenvalue weighted by molar-refractivity contribution is 7.80. The third kappa shape index (κ3) is 6.45. The van der Waals surface area contributed by atoms with E-state index in [1.165, 1.54) is 0 Å². The number of hydrogen-bond acceptors (Lipinski definition) is 3. The highest BCUT2D eigenvalue weighted by Gasteiger charge is 1.97. The first-order chi connectivity index (χ1) is 8.22. The second-order valence-corrected chi connectivity index (χ2v) is 4.30. The van der Waals surface area contributed by atoms with Crippen molar-refractivity contribution in [2.24, 2.45) is 0 Å². The van der Waals surface area contributed by atoms with Crippen molar-refractivity contribution < 1.29 is 4.74 Å². The first-order valence-corrected chi connectivity index (χ1v) is 6.19. The fourth-order valence-electron chi connectivity index (χ4n) is 1.23. The molecule has 0 aliphatic heterocycles. The number of hydrogen-bond donors (Lipinski definition) is 2. The van der Waals surface area contributed by atoms with E-state index in [2.05, 4.69) is 15.7 Å². The fraction of sp³-hybridized carbons (Fsp3) is 0.600. The lowest BCUT2D eigenvalue weighted by Crippen LogP contribution is -2.37. The van der Waals surface area contributed by atoms with Crippen molar-refractivity contribution in [1.29, 1.82) is 0 Å². The lowest BCUT2D eigenvalue weighted by atomic mass is 10.4. The number of methoxy groups -OCH3 is 1. The van der Waals surface area contributed by atoms with Gasteiger partial charge in [0.05, 0.1) is 17.8 Å². The Bertz CT molecular complexity index is 345. The van der Waals surface area contributed by atoms with Gasteiger partial charge in [0.15, 0.2) is 5.11 Å². The minimum Gasteiger partial charge on any atom is -0.385 e. The Balaban J connectivity index is 2.04. The number of nitrogens with zero attached hydrogens (tertiary/aromatic N) is 2. The third-order valence-corrected chi connectivity index (χ3v) is 2.52. The average molecular weight is 277 g/mol. The van der Waals surface area contributed by atoms with Gasteiger partial charge in [-0.25, -0.2) is 0 Å². The normalized spacial score (nSPS) is 10.2. The van der Waals surface area contributed by atoms with Crippen LogP contribution in [0.5, 0.6) is 0 Å². The summed E-state index contributed by atoms with van der Waals surface area (Å²) in [5.41, 5.74) is 0. The van der Waals surface area contributed by atoms with Crippen molar-refractivity contribution in [1.82, 2.24) is 20.4 Å². The molecule has 0 aliphatic carbocycles. The van der Waals surface area contributed by atoms with Crippen LogP contribution in [0.2, 0.25) is 5.02 Å². The lowest BCUT2D eigenvalue weighted by molar-refractivity contribution is 0.195. The van der Waals surface area contributed by atoms with Crippen molar-refractivity contribution in [2.45, 2.75) is 13.0 Å². The quantitative estimate of drug-likeness (QED) is 0.576. The lowest BCUT2D eigenvalue weighted by Gasteiger charge is -2.10. The summed E-state index contributed by atoms with van der Waals surface area (Å²) < 4.78 is 6.70. The molecule has 0 bridgehead atoms. The van der Waals surface area contributed by atoms with Gasteiger partial charge in [-0.1, -0.05) is 11.6 Å². The maximum absolute atomic E-state index is 5.75. The number of nitrogens with one attached hydrogen (secondary N) is 2. The maximum atomic E-state index is 5.75. The van der Waals surface area contributed by atoms with Gasteiger partial charge in [0.1, 0.15) is 0 Å². The summed E-state index contributed by atoms with van der Waals surface area (Å²) in [7, 11) is 1.69. The van der Waals surface area contributed by atoms with Crippen LogP contribution in [0.15, 0.2) is 12.4 Å². The number of rotatable bonds is 7. The standard InChI is InChI=1S/C10H17ClN4OS/c1-16-6-2-3-12-10(17)13-4-5-15-8-9(11)7-14-15/h7-8H,2-6H2,1H3,(H2,12,13,17). The summed E-state index contributed by atoms with van der Waals surface area (Å²) in [6.45, 7) is 3.00. The van der Waals surface area contributed by atoms with E-state index in [0.29, 0.717) is 16.7 Å². The molecule has 0 amide bonds. The van der Waals surface area contributed by atoms with Gasteiger partial charge in [0.2, 0.25) is 0 Å². The van der Waals surface area contributed by atoms with Crippen LogP contribution in [-0.2, 0) is 11.3 Å². The Hall–Kier alpha value is -0.850. The van der Waals surface area contributed by atoms with Crippen LogP contribution in [0, 0.1) is 0 Å². The summed E-state index contributed by atoms with van der Waals surface area (Å²) in [6, 6.07) is 0. The molecule has 0 radical (unpaired) electrons. The van der Waals surface area contributed by atoms with Crippen molar-refractivity contribution in [3.8, 4) is 0 Å². The van der Waals surface area contributed by atoms with E-state index in [1.807, 2.05) is 0 Å². The van der Waals surface area contributed by atoms with E-state index in [0.717, 1.165) is 26.1 Å². The molecule has 0 fully saturated rings. The summed E-state index contributed by atoms with van der Waals surface area (Å²) in [4.78, 5) is 0. The van der Waals surface area contributed by atoms with E-state index in [4.69, 9.17) is 28.6 Å². The predicted molar refractivity (Wildman–Crippen MR) is 72.3 cm³/mol. The molecule has 2 N–H and O–H groups in total. The Kier molecular flexibility index (Phi) is 6.91. The highest BCUT2D eigenvalue weighted by atomic mass is 35.5. The molecule has 1 heterocycles. The van der Waals surface area contributed by atoms with Gasteiger partial charge < -0.3 is 15.4 Å². The average Bonchev–Trinajstić information content (AvgIpc) is 2.71. The van der Waals surface area contributed by atoms with Crippen molar-refractivity contribution in [3.63, 3.8) is 0 Å². The van der Waals surface area contributed by atoms with Crippen LogP contribution in [0.25, 0.3) is 0 Å². The van der Waals surface area contributed by atoms with E-state index in [1.54, 1.807) is 24.2 Å². The second-order valence-electron chi connectivity index (χ2n) is 3.45. The van der Waals surface area contributed by atoms with Gasteiger partial charge in [-0.3, -0.25) is 4.68 Å². The van der Waals surface area contributed by atoms with Crippen LogP contribution < -0.4 is 10.6 Å². The molecule has 0 aromatic carbocycles. The first-order valence-electron chi connectivity index (χ1n) is 5.41. The van der Waals surface area contributed by atoms with Gasteiger partial charge in [-0.15, -0.1) is 0 Å². The molecule has 17 heavy (non-hydrogen) atoms. The number of aromatic nitrogens is 2. The molecule has 0 atom stereocenters. The topological polar surface area (TPSA) is 51.1 Å². The molecule has 0 saturated carbocycles. The fourth-order valence-corrected chi connectivity index (χ4v) is 1.59. The van der Waals surface area contributed by atoms with Crippen molar-refractivity contribution in [2.75, 3.05) is 26.8 Å². The second kappa shape index (κ2) is 8.27. The summed E-state index contributed by atoms with van der Waals surface area (Å²) >= 11 is 10.9. The van der Waals surface area contributed by atoms with Crippen molar-refractivity contribution >= 4 is 28.9 Å². The first kappa shape index (κ1) is 14.2. The number of thiocarbonyl (C=S) groups is 1. The number of halogens is 1. The zero-order valence-corrected chi connectivity index (χ0v) is 11.4. The summed E-state index contributed by atoms with van der Waals surface area (Å²) in [5.74, 6) is 0. The van der Waals surface area contributed by atoms with Gasteiger partial charge in [0.25, 0.3) is 0 Å². The minimum atomic E-state index is 0.644. The van der Waals surface area contributed by atoms with Crippen LogP contribution in [-0.4, -0.2) is 41.7 Å². The Labute approximate surface area is 111 Å². The molecular formula is C10H17ClN4OS. The predicted octanol–water partition coefficient (Wildman–Crippen LogP) is 1.04. The third-order valence-electron chi connectivity index (χ3n) is 2.04. The zero-order chi connectivity index (χ0) is 12.5. The molecule has 7 heteroatoms. The molecule has 0 aliphatic rings. The molecule has 1 aromatic heterocycles. The SMILES string of the molecule is COCCCNC(=S)NCCn1cc(Cl)cn1. The van der Waals surface area contributed by atoms with Gasteiger partial charge in [0, 0.05) is 33.0 Å². The van der Waals surface area contributed by atoms with E-state index in [9.17, 15) is 0 Å². The van der Waals surface area contributed by atoms with Gasteiger partial charge in [-0.2, -0.15) is 5.10 Å². The van der Waals surface area contributed by atoms with Gasteiger partial charge in [-0.05, 0) is 18.6 Å².